The van der Waals surface area contributed by atoms with Gasteiger partial charge in [-0.1, -0.05) is 12.1 Å². The minimum Gasteiger partial charge on any atom is -0.278 e. The maximum atomic E-state index is 13.1. The van der Waals surface area contributed by atoms with Crippen LogP contribution >= 0.6 is 0 Å². The Kier molecular flexibility index (Phi) is 3.90. The van der Waals surface area contributed by atoms with Gasteiger partial charge in [-0.3, -0.25) is 5.43 Å². The van der Waals surface area contributed by atoms with Crippen molar-refractivity contribution in [1.29, 1.82) is 0 Å². The fraction of sp³-hybridized carbons (Fsp3) is 0.133. The van der Waals surface area contributed by atoms with Crippen LogP contribution in [0.5, 0.6) is 0 Å². The second kappa shape index (κ2) is 5.61. The zero-order valence-corrected chi connectivity index (χ0v) is 10.7. The Morgan fingerprint density at radius 1 is 1.05 bits per heavy atom. The second-order valence-electron chi connectivity index (χ2n) is 4.31. The number of hydrogen-bond donors (Lipinski definition) is 1. The van der Waals surface area contributed by atoms with Crippen LogP contribution in [0.4, 0.5) is 14.5 Å². The van der Waals surface area contributed by atoms with Gasteiger partial charge in [-0.15, -0.1) is 0 Å². The first kappa shape index (κ1) is 13.2. The highest BCUT2D eigenvalue weighted by molar-refractivity contribution is 5.99. The van der Waals surface area contributed by atoms with Gasteiger partial charge in [0.25, 0.3) is 0 Å². The quantitative estimate of drug-likeness (QED) is 0.651. The smallest absolute Gasteiger partial charge is 0.159 e. The molecular formula is C15H14F2N2. The van der Waals surface area contributed by atoms with Crippen molar-refractivity contribution in [2.45, 2.75) is 13.8 Å². The van der Waals surface area contributed by atoms with Crippen LogP contribution in [0.3, 0.4) is 0 Å². The minimum absolute atomic E-state index is 0.541. The third-order valence-electron chi connectivity index (χ3n) is 2.71. The lowest BCUT2D eigenvalue weighted by Gasteiger charge is -2.05. The summed E-state index contributed by atoms with van der Waals surface area (Å²) in [5.74, 6) is -1.73. The molecule has 2 rings (SSSR count). The third kappa shape index (κ3) is 3.37. The molecule has 2 nitrogen and oxygen atoms in total. The van der Waals surface area contributed by atoms with Crippen LogP contribution in [0, 0.1) is 18.6 Å². The molecule has 0 heterocycles. The number of hydrazone groups is 1. The number of anilines is 1. The summed E-state index contributed by atoms with van der Waals surface area (Å²) in [4.78, 5) is 0. The van der Waals surface area contributed by atoms with Crippen LogP contribution < -0.4 is 5.43 Å². The maximum Gasteiger partial charge on any atom is 0.159 e. The SMILES string of the molecule is C/C(=N/Nc1cccc(C)c1)c1ccc(F)c(F)c1. The minimum atomic E-state index is -0.873. The van der Waals surface area contributed by atoms with Gasteiger partial charge in [-0.2, -0.15) is 5.10 Å². The first-order valence-electron chi connectivity index (χ1n) is 5.88. The maximum absolute atomic E-state index is 13.1. The molecule has 19 heavy (non-hydrogen) atoms. The highest BCUT2D eigenvalue weighted by atomic mass is 19.2. The Hall–Kier alpha value is -2.23. The molecule has 0 saturated heterocycles. The summed E-state index contributed by atoms with van der Waals surface area (Å²) in [7, 11) is 0. The van der Waals surface area contributed by atoms with Crippen molar-refractivity contribution >= 4 is 11.4 Å². The van der Waals surface area contributed by atoms with E-state index in [9.17, 15) is 8.78 Å². The van der Waals surface area contributed by atoms with Gasteiger partial charge >= 0.3 is 0 Å². The van der Waals surface area contributed by atoms with Crippen LogP contribution in [-0.2, 0) is 0 Å². The normalized spacial score (nSPS) is 11.5. The van der Waals surface area contributed by atoms with Gasteiger partial charge in [0.05, 0.1) is 11.4 Å². The number of aryl methyl sites for hydroxylation is 1. The lowest BCUT2D eigenvalue weighted by atomic mass is 10.1. The van der Waals surface area contributed by atoms with Gasteiger partial charge in [0.1, 0.15) is 0 Å². The van der Waals surface area contributed by atoms with Crippen LogP contribution in [0.25, 0.3) is 0 Å². The molecule has 0 saturated carbocycles. The third-order valence-corrected chi connectivity index (χ3v) is 2.71. The molecule has 2 aromatic carbocycles. The van der Waals surface area contributed by atoms with Gasteiger partial charge in [0.15, 0.2) is 11.6 Å². The van der Waals surface area contributed by atoms with Crippen LogP contribution in [-0.4, -0.2) is 5.71 Å². The van der Waals surface area contributed by atoms with E-state index in [1.165, 1.54) is 6.07 Å². The molecule has 0 aromatic heterocycles. The van der Waals surface area contributed by atoms with Gasteiger partial charge in [-0.25, -0.2) is 8.78 Å². The molecule has 0 aliphatic heterocycles. The van der Waals surface area contributed by atoms with Crippen LogP contribution in [0.2, 0.25) is 0 Å². The number of halogens is 2. The summed E-state index contributed by atoms with van der Waals surface area (Å²) in [6, 6.07) is 11.5. The second-order valence-corrected chi connectivity index (χ2v) is 4.31. The van der Waals surface area contributed by atoms with E-state index >= 15 is 0 Å². The van der Waals surface area contributed by atoms with E-state index in [0.29, 0.717) is 11.3 Å². The van der Waals surface area contributed by atoms with E-state index in [1.54, 1.807) is 6.92 Å². The molecule has 0 aliphatic rings. The topological polar surface area (TPSA) is 24.4 Å². The molecule has 0 amide bonds. The molecule has 0 fully saturated rings. The molecule has 0 spiro atoms. The van der Waals surface area contributed by atoms with E-state index in [2.05, 4.69) is 10.5 Å². The zero-order valence-electron chi connectivity index (χ0n) is 10.7. The molecule has 1 N–H and O–H groups in total. The Bertz CT molecular complexity index is 621. The Morgan fingerprint density at radius 3 is 2.53 bits per heavy atom. The predicted molar refractivity (Wildman–Crippen MR) is 73.4 cm³/mol. The van der Waals surface area contributed by atoms with Crippen molar-refractivity contribution in [2.75, 3.05) is 5.43 Å². The van der Waals surface area contributed by atoms with E-state index in [1.807, 2.05) is 31.2 Å². The Balaban J connectivity index is 2.16. The monoisotopic (exact) mass is 260 g/mol. The number of nitrogens with one attached hydrogen (secondary N) is 1. The zero-order chi connectivity index (χ0) is 13.8. The number of hydrogen-bond acceptors (Lipinski definition) is 2. The molecule has 0 unspecified atom stereocenters. The van der Waals surface area contributed by atoms with Crippen molar-refractivity contribution in [2.24, 2.45) is 5.10 Å². The van der Waals surface area contributed by atoms with E-state index < -0.39 is 11.6 Å². The molecule has 98 valence electrons. The summed E-state index contributed by atoms with van der Waals surface area (Å²) in [5, 5.41) is 4.15. The van der Waals surface area contributed by atoms with Gasteiger partial charge in [-0.05, 0) is 49.7 Å². The van der Waals surface area contributed by atoms with E-state index in [4.69, 9.17) is 0 Å². The highest BCUT2D eigenvalue weighted by Gasteiger charge is 2.04. The van der Waals surface area contributed by atoms with Crippen LogP contribution in [0.1, 0.15) is 18.1 Å². The lowest BCUT2D eigenvalue weighted by molar-refractivity contribution is 0.508. The summed E-state index contributed by atoms with van der Waals surface area (Å²) < 4.78 is 25.9. The van der Waals surface area contributed by atoms with Crippen LogP contribution in [0.15, 0.2) is 47.6 Å². The average Bonchev–Trinajstić information content (AvgIpc) is 2.39. The summed E-state index contributed by atoms with van der Waals surface area (Å²) in [6.07, 6.45) is 0. The number of benzene rings is 2. The largest absolute Gasteiger partial charge is 0.278 e. The Morgan fingerprint density at radius 2 is 1.84 bits per heavy atom. The Labute approximate surface area is 110 Å². The van der Waals surface area contributed by atoms with Crippen molar-refractivity contribution in [3.05, 3.63) is 65.2 Å². The summed E-state index contributed by atoms with van der Waals surface area (Å²) >= 11 is 0. The predicted octanol–water partition coefficient (Wildman–Crippen LogP) is 4.11. The van der Waals surface area contributed by atoms with Crippen molar-refractivity contribution in [3.8, 4) is 0 Å². The van der Waals surface area contributed by atoms with E-state index in [0.717, 1.165) is 23.4 Å². The molecule has 2 aromatic rings. The highest BCUT2D eigenvalue weighted by Crippen LogP contribution is 2.12. The summed E-state index contributed by atoms with van der Waals surface area (Å²) in [5.41, 5.74) is 5.98. The first-order chi connectivity index (χ1) is 9.06. The average molecular weight is 260 g/mol. The fourth-order valence-electron chi connectivity index (χ4n) is 1.65. The van der Waals surface area contributed by atoms with Crippen molar-refractivity contribution in [3.63, 3.8) is 0 Å². The molecular weight excluding hydrogens is 246 g/mol. The number of rotatable bonds is 3. The van der Waals surface area contributed by atoms with Gasteiger partial charge in [0, 0.05) is 5.56 Å². The van der Waals surface area contributed by atoms with Crippen molar-refractivity contribution < 1.29 is 8.78 Å². The molecule has 0 bridgehead atoms. The van der Waals surface area contributed by atoms with Gasteiger partial charge < -0.3 is 0 Å². The summed E-state index contributed by atoms with van der Waals surface area (Å²) in [6.45, 7) is 3.71. The van der Waals surface area contributed by atoms with Crippen molar-refractivity contribution in [1.82, 2.24) is 0 Å². The molecule has 0 aliphatic carbocycles. The first-order valence-corrected chi connectivity index (χ1v) is 5.88. The lowest BCUT2D eigenvalue weighted by Crippen LogP contribution is -2.01. The number of nitrogens with zero attached hydrogens (tertiary/aromatic N) is 1. The fourth-order valence-corrected chi connectivity index (χ4v) is 1.65. The molecule has 0 atom stereocenters. The molecule has 4 heteroatoms. The molecule has 0 radical (unpaired) electrons. The van der Waals surface area contributed by atoms with Gasteiger partial charge in [0.2, 0.25) is 0 Å². The van der Waals surface area contributed by atoms with E-state index in [-0.39, 0.29) is 0 Å². The standard InChI is InChI=1S/C15H14F2N2/c1-10-4-3-5-13(8-10)19-18-11(2)12-6-7-14(16)15(17)9-12/h3-9,19H,1-2H3/b18-11-.